The van der Waals surface area contributed by atoms with Gasteiger partial charge in [-0.3, -0.25) is 14.9 Å². The largest absolute Gasteiger partial charge is 0.457 e. The Balaban J connectivity index is 1.67. The van der Waals surface area contributed by atoms with Crippen LogP contribution in [-0.2, 0) is 9.59 Å². The predicted molar refractivity (Wildman–Crippen MR) is 115 cm³/mol. The van der Waals surface area contributed by atoms with E-state index >= 15 is 0 Å². The number of halogens is 3. The van der Waals surface area contributed by atoms with Crippen molar-refractivity contribution in [2.45, 2.75) is 0 Å². The molecule has 4 rings (SSSR count). The van der Waals surface area contributed by atoms with Crippen LogP contribution < -0.4 is 10.2 Å². The van der Waals surface area contributed by atoms with Gasteiger partial charge in [0.25, 0.3) is 11.8 Å². The van der Waals surface area contributed by atoms with Gasteiger partial charge in [-0.2, -0.15) is 0 Å². The van der Waals surface area contributed by atoms with E-state index in [-0.39, 0.29) is 17.0 Å². The average Bonchev–Trinajstić information content (AvgIpc) is 3.17. The van der Waals surface area contributed by atoms with Gasteiger partial charge in [-0.15, -0.1) is 0 Å². The third kappa shape index (κ3) is 3.85. The molecule has 1 aliphatic rings. The highest BCUT2D eigenvalue weighted by Gasteiger charge is 2.37. The van der Waals surface area contributed by atoms with Gasteiger partial charge in [-0.25, -0.2) is 9.69 Å². The van der Waals surface area contributed by atoms with Crippen molar-refractivity contribution in [1.82, 2.24) is 5.32 Å². The molecule has 2 heterocycles. The van der Waals surface area contributed by atoms with Crippen molar-refractivity contribution in [2.24, 2.45) is 0 Å². The number of hydrogen-bond acceptors (Lipinski definition) is 4. The zero-order valence-corrected chi connectivity index (χ0v) is 17.3. The van der Waals surface area contributed by atoms with Gasteiger partial charge < -0.3 is 4.42 Å². The van der Waals surface area contributed by atoms with E-state index in [1.165, 1.54) is 30.3 Å². The Kier molecular flexibility index (Phi) is 5.39. The van der Waals surface area contributed by atoms with Crippen LogP contribution in [0.1, 0.15) is 5.76 Å². The highest BCUT2D eigenvalue weighted by Crippen LogP contribution is 2.30. The van der Waals surface area contributed by atoms with Gasteiger partial charge in [-0.05, 0) is 60.7 Å². The van der Waals surface area contributed by atoms with Crippen LogP contribution in [0.2, 0.25) is 15.1 Å². The van der Waals surface area contributed by atoms with Crippen LogP contribution in [0.25, 0.3) is 17.4 Å². The van der Waals surface area contributed by atoms with Gasteiger partial charge in [0, 0.05) is 10.6 Å². The topological polar surface area (TPSA) is 79.6 Å². The lowest BCUT2D eigenvalue weighted by molar-refractivity contribution is -0.122. The fraction of sp³-hybridized carbons (Fsp3) is 0. The smallest absolute Gasteiger partial charge is 0.335 e. The first-order chi connectivity index (χ1) is 14.3. The van der Waals surface area contributed by atoms with E-state index in [1.54, 1.807) is 30.3 Å². The molecule has 0 bridgehead atoms. The van der Waals surface area contributed by atoms with E-state index in [0.717, 1.165) is 4.90 Å². The molecule has 0 atom stereocenters. The van der Waals surface area contributed by atoms with Crippen LogP contribution in [-0.4, -0.2) is 17.8 Å². The van der Waals surface area contributed by atoms with Crippen molar-refractivity contribution in [1.29, 1.82) is 0 Å². The zero-order chi connectivity index (χ0) is 21.4. The summed E-state index contributed by atoms with van der Waals surface area (Å²) in [6.45, 7) is 0. The van der Waals surface area contributed by atoms with Gasteiger partial charge in [0.05, 0.1) is 15.7 Å². The maximum atomic E-state index is 12.9. The Labute approximate surface area is 185 Å². The number of nitrogens with zero attached hydrogens (tertiary/aromatic N) is 1. The molecule has 30 heavy (non-hydrogen) atoms. The molecule has 0 aliphatic carbocycles. The monoisotopic (exact) mass is 460 g/mol. The average molecular weight is 462 g/mol. The van der Waals surface area contributed by atoms with Crippen LogP contribution in [0.15, 0.2) is 64.6 Å². The second-order valence-corrected chi connectivity index (χ2v) is 7.52. The van der Waals surface area contributed by atoms with Gasteiger partial charge in [0.1, 0.15) is 17.1 Å². The molecular weight excluding hydrogens is 451 g/mol. The molecule has 6 nitrogen and oxygen atoms in total. The van der Waals surface area contributed by atoms with Crippen molar-refractivity contribution < 1.29 is 18.8 Å². The van der Waals surface area contributed by atoms with Crippen LogP contribution in [0.3, 0.4) is 0 Å². The Morgan fingerprint density at radius 3 is 2.30 bits per heavy atom. The van der Waals surface area contributed by atoms with E-state index in [2.05, 4.69) is 5.32 Å². The molecule has 0 spiro atoms. The summed E-state index contributed by atoms with van der Waals surface area (Å²) < 4.78 is 5.72. The summed E-state index contributed by atoms with van der Waals surface area (Å²) in [4.78, 5) is 38.2. The van der Waals surface area contributed by atoms with E-state index in [0.29, 0.717) is 26.4 Å². The zero-order valence-electron chi connectivity index (χ0n) is 15.0. The minimum atomic E-state index is -0.847. The summed E-state index contributed by atoms with van der Waals surface area (Å²) in [6, 6.07) is 13.5. The quantitative estimate of drug-likeness (QED) is 0.408. The number of barbiturate groups is 1. The number of carbonyl (C=O) groups excluding carboxylic acids is 3. The fourth-order valence-electron chi connectivity index (χ4n) is 2.86. The number of rotatable bonds is 3. The number of benzene rings is 2. The number of anilines is 1. The Morgan fingerprint density at radius 2 is 1.60 bits per heavy atom. The second kappa shape index (κ2) is 7.99. The molecule has 1 aromatic heterocycles. The highest BCUT2D eigenvalue weighted by molar-refractivity contribution is 6.42. The molecule has 3 aromatic rings. The number of furan rings is 1. The van der Waals surface area contributed by atoms with Crippen molar-refractivity contribution in [3.8, 4) is 11.3 Å². The molecule has 2 aromatic carbocycles. The van der Waals surface area contributed by atoms with E-state index in [9.17, 15) is 14.4 Å². The molecular formula is C21H11Cl3N2O4. The predicted octanol–water partition coefficient (Wildman–Crippen LogP) is 5.57. The van der Waals surface area contributed by atoms with Gasteiger partial charge in [0.2, 0.25) is 0 Å². The van der Waals surface area contributed by atoms with E-state index < -0.39 is 17.8 Å². The van der Waals surface area contributed by atoms with Gasteiger partial charge in [0.15, 0.2) is 0 Å². The molecule has 150 valence electrons. The Morgan fingerprint density at radius 1 is 0.867 bits per heavy atom. The first-order valence-electron chi connectivity index (χ1n) is 8.56. The Bertz CT molecular complexity index is 1220. The van der Waals surface area contributed by atoms with Crippen LogP contribution in [0.4, 0.5) is 10.5 Å². The normalized spacial score (nSPS) is 15.6. The maximum Gasteiger partial charge on any atom is 0.335 e. The van der Waals surface area contributed by atoms with Crippen molar-refractivity contribution in [3.63, 3.8) is 0 Å². The number of hydrogen-bond donors (Lipinski definition) is 1. The first kappa shape index (κ1) is 20.2. The molecule has 1 N–H and O–H groups in total. The van der Waals surface area contributed by atoms with E-state index in [4.69, 9.17) is 39.2 Å². The van der Waals surface area contributed by atoms with Crippen LogP contribution in [0.5, 0.6) is 0 Å². The van der Waals surface area contributed by atoms with Crippen molar-refractivity contribution in [2.75, 3.05) is 4.90 Å². The van der Waals surface area contributed by atoms with Crippen molar-refractivity contribution >= 4 is 64.4 Å². The molecule has 1 saturated heterocycles. The standard InChI is InChI=1S/C21H11Cl3N2O4/c22-12-2-4-13(5-3-12)26-20(28)15(19(27)25-21(26)29)10-14-6-8-18(30-14)11-1-7-16(23)17(24)9-11/h1-10H,(H,25,27,29)/b15-10+. The summed E-state index contributed by atoms with van der Waals surface area (Å²) in [5.74, 6) is -0.879. The number of nitrogens with one attached hydrogen (secondary N) is 1. The molecule has 0 saturated carbocycles. The number of amides is 4. The summed E-state index contributed by atoms with van der Waals surface area (Å²) in [7, 11) is 0. The molecule has 0 radical (unpaired) electrons. The van der Waals surface area contributed by atoms with Crippen LogP contribution in [0, 0.1) is 0 Å². The number of imide groups is 2. The lowest BCUT2D eigenvalue weighted by Crippen LogP contribution is -2.54. The van der Waals surface area contributed by atoms with Gasteiger partial charge in [-0.1, -0.05) is 34.8 Å². The highest BCUT2D eigenvalue weighted by atomic mass is 35.5. The molecule has 0 unspecified atom stereocenters. The molecule has 1 aliphatic heterocycles. The second-order valence-electron chi connectivity index (χ2n) is 6.27. The molecule has 9 heteroatoms. The molecule has 4 amide bonds. The van der Waals surface area contributed by atoms with Crippen molar-refractivity contribution in [3.05, 3.63) is 81.0 Å². The summed E-state index contributed by atoms with van der Waals surface area (Å²) in [5.41, 5.74) is 0.697. The van der Waals surface area contributed by atoms with E-state index in [1.807, 2.05) is 0 Å². The maximum absolute atomic E-state index is 12.9. The lowest BCUT2D eigenvalue weighted by Gasteiger charge is -2.26. The number of carbonyl (C=O) groups is 3. The lowest BCUT2D eigenvalue weighted by atomic mass is 10.1. The minimum Gasteiger partial charge on any atom is -0.457 e. The third-order valence-electron chi connectivity index (χ3n) is 4.30. The first-order valence-corrected chi connectivity index (χ1v) is 9.69. The van der Waals surface area contributed by atoms with Crippen LogP contribution >= 0.6 is 34.8 Å². The summed E-state index contributed by atoms with van der Waals surface area (Å²) >= 11 is 17.8. The minimum absolute atomic E-state index is 0.250. The summed E-state index contributed by atoms with van der Waals surface area (Å²) in [6.07, 6.45) is 1.27. The molecule has 1 fully saturated rings. The Hall–Kier alpha value is -3.06. The van der Waals surface area contributed by atoms with Gasteiger partial charge >= 0.3 is 6.03 Å². The number of urea groups is 1. The fourth-order valence-corrected chi connectivity index (χ4v) is 3.28. The SMILES string of the molecule is O=C1NC(=O)N(c2ccc(Cl)cc2)C(=O)/C1=C/c1ccc(-c2ccc(Cl)c(Cl)c2)o1. The summed E-state index contributed by atoms with van der Waals surface area (Å²) in [5, 5.41) is 3.37. The third-order valence-corrected chi connectivity index (χ3v) is 5.30.